The quantitative estimate of drug-likeness (QED) is 0.846. The van der Waals surface area contributed by atoms with Gasteiger partial charge in [0.25, 0.3) is 0 Å². The van der Waals surface area contributed by atoms with E-state index in [0.29, 0.717) is 0 Å². The number of thiophene rings is 1. The van der Waals surface area contributed by atoms with Gasteiger partial charge in [0.05, 0.1) is 5.75 Å². The van der Waals surface area contributed by atoms with Gasteiger partial charge in [0, 0.05) is 28.3 Å². The van der Waals surface area contributed by atoms with Crippen molar-refractivity contribution in [1.82, 2.24) is 4.90 Å². The van der Waals surface area contributed by atoms with Crippen LogP contribution in [0.5, 0.6) is 0 Å². The molecule has 1 rings (SSSR count). The average molecular weight is 294 g/mol. The maximum atomic E-state index is 11.2. The van der Waals surface area contributed by atoms with E-state index < -0.39 is 0 Å². The van der Waals surface area contributed by atoms with E-state index in [1.165, 1.54) is 4.88 Å². The molecule has 0 aliphatic carbocycles. The summed E-state index contributed by atoms with van der Waals surface area (Å²) in [4.78, 5) is 14.2. The van der Waals surface area contributed by atoms with E-state index in [-0.39, 0.29) is 11.7 Å². The Morgan fingerprint density at radius 3 is 2.93 bits per heavy atom. The molecule has 0 saturated heterocycles. The number of halogens is 1. The van der Waals surface area contributed by atoms with Crippen molar-refractivity contribution in [2.45, 2.75) is 6.42 Å². The van der Waals surface area contributed by atoms with Crippen molar-refractivity contribution in [3.05, 3.63) is 20.8 Å². The average Bonchev–Trinajstić information content (AvgIpc) is 2.59. The molecule has 1 amide bonds. The maximum absolute atomic E-state index is 11.2. The van der Waals surface area contributed by atoms with Gasteiger partial charge in [-0.1, -0.05) is 0 Å². The molecule has 5 heteroatoms. The second kappa shape index (κ2) is 5.78. The summed E-state index contributed by atoms with van der Waals surface area (Å²) in [5.41, 5.74) is 0. The van der Waals surface area contributed by atoms with E-state index in [0.717, 1.165) is 17.4 Å². The van der Waals surface area contributed by atoms with Gasteiger partial charge in [0.15, 0.2) is 0 Å². The Hall–Kier alpha value is -0.000000000000000111. The summed E-state index contributed by atoms with van der Waals surface area (Å²) >= 11 is 9.05. The number of nitrogens with zero attached hydrogens (tertiary/aromatic N) is 1. The lowest BCUT2D eigenvalue weighted by molar-refractivity contribution is -0.127. The van der Waals surface area contributed by atoms with Gasteiger partial charge in [-0.25, -0.2) is 0 Å². The summed E-state index contributed by atoms with van der Waals surface area (Å²) in [5.74, 6) is 0.355. The molecule has 0 aliphatic rings. The monoisotopic (exact) mass is 293 g/mol. The zero-order chi connectivity index (χ0) is 10.6. The number of hydrogen-bond donors (Lipinski definition) is 1. The fourth-order valence-electron chi connectivity index (χ4n) is 1.01. The third-order valence-corrected chi connectivity index (χ3v) is 3.90. The number of thiol groups is 1. The summed E-state index contributed by atoms with van der Waals surface area (Å²) in [7, 11) is 1.81. The molecule has 1 aromatic rings. The molecular formula is C9H12BrNOS2. The third-order valence-electron chi connectivity index (χ3n) is 1.88. The number of likely N-dealkylation sites (N-methyl/N-ethyl adjacent to an activating group) is 1. The minimum atomic E-state index is 0.0731. The SMILES string of the molecule is CN(CCc1cc(Br)cs1)C(=O)CS. The van der Waals surface area contributed by atoms with Crippen LogP contribution in [-0.4, -0.2) is 30.2 Å². The van der Waals surface area contributed by atoms with E-state index in [1.807, 2.05) is 0 Å². The van der Waals surface area contributed by atoms with Crippen molar-refractivity contribution >= 4 is 45.8 Å². The first-order valence-electron chi connectivity index (χ1n) is 4.21. The second-order valence-corrected chi connectivity index (χ2v) is 5.18. The van der Waals surface area contributed by atoms with Gasteiger partial charge < -0.3 is 4.90 Å². The van der Waals surface area contributed by atoms with Crippen LogP contribution in [0.4, 0.5) is 0 Å². The van der Waals surface area contributed by atoms with Crippen LogP contribution in [0.3, 0.4) is 0 Å². The predicted octanol–water partition coefficient (Wildman–Crippen LogP) is 2.44. The van der Waals surface area contributed by atoms with Crippen LogP contribution in [0.1, 0.15) is 4.88 Å². The Balaban J connectivity index is 2.37. The Morgan fingerprint density at radius 1 is 1.71 bits per heavy atom. The van der Waals surface area contributed by atoms with Crippen LogP contribution >= 0.6 is 39.9 Å². The molecule has 0 aliphatic heterocycles. The molecule has 0 saturated carbocycles. The minimum absolute atomic E-state index is 0.0731. The highest BCUT2D eigenvalue weighted by Gasteiger charge is 2.06. The highest BCUT2D eigenvalue weighted by Crippen LogP contribution is 2.20. The fraction of sp³-hybridized carbons (Fsp3) is 0.444. The number of carbonyl (C=O) groups is 1. The molecule has 0 unspecified atom stereocenters. The highest BCUT2D eigenvalue weighted by molar-refractivity contribution is 9.10. The molecule has 0 aromatic carbocycles. The van der Waals surface area contributed by atoms with Crippen LogP contribution in [0.2, 0.25) is 0 Å². The smallest absolute Gasteiger partial charge is 0.232 e. The summed E-state index contributed by atoms with van der Waals surface area (Å²) in [6.45, 7) is 0.756. The van der Waals surface area contributed by atoms with Crippen molar-refractivity contribution in [3.63, 3.8) is 0 Å². The summed E-state index contributed by atoms with van der Waals surface area (Å²) in [6, 6.07) is 2.09. The molecule has 0 N–H and O–H groups in total. The summed E-state index contributed by atoms with van der Waals surface area (Å²) < 4.78 is 1.11. The molecule has 1 aromatic heterocycles. The molecule has 2 nitrogen and oxygen atoms in total. The topological polar surface area (TPSA) is 20.3 Å². The van der Waals surface area contributed by atoms with E-state index in [2.05, 4.69) is 40.0 Å². The lowest BCUT2D eigenvalue weighted by atomic mass is 10.3. The lowest BCUT2D eigenvalue weighted by Gasteiger charge is -2.14. The zero-order valence-electron chi connectivity index (χ0n) is 7.86. The molecule has 78 valence electrons. The van der Waals surface area contributed by atoms with Gasteiger partial charge in [-0.3, -0.25) is 4.79 Å². The molecular weight excluding hydrogens is 282 g/mol. The molecule has 0 fully saturated rings. The summed E-state index contributed by atoms with van der Waals surface area (Å²) in [6.07, 6.45) is 0.909. The van der Waals surface area contributed by atoms with Crippen LogP contribution in [-0.2, 0) is 11.2 Å². The zero-order valence-corrected chi connectivity index (χ0v) is 11.2. The molecule has 1 heterocycles. The van der Waals surface area contributed by atoms with E-state index >= 15 is 0 Å². The summed E-state index contributed by atoms with van der Waals surface area (Å²) in [5, 5.41) is 2.05. The Labute approximate surface area is 102 Å². The van der Waals surface area contributed by atoms with E-state index in [1.54, 1.807) is 23.3 Å². The van der Waals surface area contributed by atoms with Crippen LogP contribution < -0.4 is 0 Å². The first kappa shape index (κ1) is 12.1. The lowest BCUT2D eigenvalue weighted by Crippen LogP contribution is -2.29. The Kier molecular flexibility index (Phi) is 4.98. The number of rotatable bonds is 4. The van der Waals surface area contributed by atoms with Crippen molar-refractivity contribution < 1.29 is 4.79 Å². The van der Waals surface area contributed by atoms with Gasteiger partial charge in [0.1, 0.15) is 0 Å². The maximum Gasteiger partial charge on any atom is 0.232 e. The number of carbonyl (C=O) groups excluding carboxylic acids is 1. The second-order valence-electron chi connectivity index (χ2n) is 2.95. The van der Waals surface area contributed by atoms with Gasteiger partial charge in [-0.15, -0.1) is 11.3 Å². The Morgan fingerprint density at radius 2 is 2.43 bits per heavy atom. The Bertz CT molecular complexity index is 314. The van der Waals surface area contributed by atoms with Crippen molar-refractivity contribution in [3.8, 4) is 0 Å². The van der Waals surface area contributed by atoms with Gasteiger partial charge in [0.2, 0.25) is 5.91 Å². The molecule has 0 bridgehead atoms. The molecule has 0 atom stereocenters. The largest absolute Gasteiger partial charge is 0.345 e. The number of hydrogen-bond acceptors (Lipinski definition) is 3. The normalized spacial score (nSPS) is 10.2. The third kappa shape index (κ3) is 3.63. The molecule has 0 spiro atoms. The van der Waals surface area contributed by atoms with Crippen LogP contribution in [0, 0.1) is 0 Å². The fourth-order valence-corrected chi connectivity index (χ4v) is 2.69. The molecule has 14 heavy (non-hydrogen) atoms. The van der Waals surface area contributed by atoms with Gasteiger partial charge in [-0.05, 0) is 28.4 Å². The van der Waals surface area contributed by atoms with E-state index in [4.69, 9.17) is 0 Å². The predicted molar refractivity (Wildman–Crippen MR) is 67.2 cm³/mol. The standard InChI is InChI=1S/C9H12BrNOS2/c1-11(9(12)5-13)3-2-8-4-7(10)6-14-8/h4,6,13H,2-3,5H2,1H3. The van der Waals surface area contributed by atoms with E-state index in [9.17, 15) is 4.79 Å². The van der Waals surface area contributed by atoms with Crippen molar-refractivity contribution in [1.29, 1.82) is 0 Å². The van der Waals surface area contributed by atoms with Crippen molar-refractivity contribution in [2.75, 3.05) is 19.3 Å². The molecule has 0 radical (unpaired) electrons. The van der Waals surface area contributed by atoms with Crippen LogP contribution in [0.25, 0.3) is 0 Å². The van der Waals surface area contributed by atoms with Crippen LogP contribution in [0.15, 0.2) is 15.9 Å². The highest BCUT2D eigenvalue weighted by atomic mass is 79.9. The first-order chi connectivity index (χ1) is 6.63. The van der Waals surface area contributed by atoms with Gasteiger partial charge in [-0.2, -0.15) is 12.6 Å². The number of amides is 1. The minimum Gasteiger partial charge on any atom is -0.345 e. The first-order valence-corrected chi connectivity index (χ1v) is 6.51. The van der Waals surface area contributed by atoms with Crippen molar-refractivity contribution in [2.24, 2.45) is 0 Å². The van der Waals surface area contributed by atoms with Gasteiger partial charge >= 0.3 is 0 Å².